The summed E-state index contributed by atoms with van der Waals surface area (Å²) in [5, 5.41) is 0. The number of allylic oxidation sites excluding steroid dienone is 1. The average Bonchev–Trinajstić information content (AvgIpc) is 2.10. The van der Waals surface area contributed by atoms with Crippen LogP contribution in [0.15, 0.2) is 24.0 Å². The molecule has 1 aliphatic rings. The first-order valence-electron chi connectivity index (χ1n) is 3.26. The summed E-state index contributed by atoms with van der Waals surface area (Å²) in [4.78, 5) is 12.4. The quantitative estimate of drug-likeness (QED) is 0.497. The Morgan fingerprint density at radius 2 is 2.40 bits per heavy atom. The zero-order valence-corrected chi connectivity index (χ0v) is 6.35. The molecule has 0 unspecified atom stereocenters. The summed E-state index contributed by atoms with van der Waals surface area (Å²) >= 11 is 0. The van der Waals surface area contributed by atoms with E-state index >= 15 is 0 Å². The van der Waals surface area contributed by atoms with E-state index in [1.807, 2.05) is 13.1 Å². The van der Waals surface area contributed by atoms with Gasteiger partial charge in [-0.15, -0.1) is 0 Å². The van der Waals surface area contributed by atoms with Crippen molar-refractivity contribution >= 4 is 5.91 Å². The third kappa shape index (κ3) is 1.10. The minimum absolute atomic E-state index is 0.0434. The van der Waals surface area contributed by atoms with Crippen LogP contribution >= 0.6 is 0 Å². The van der Waals surface area contributed by atoms with E-state index in [1.54, 1.807) is 11.8 Å². The summed E-state index contributed by atoms with van der Waals surface area (Å²) in [6, 6.07) is 0. The van der Waals surface area contributed by atoms with E-state index in [9.17, 15) is 4.79 Å². The monoisotopic (exact) mass is 137 g/mol. The van der Waals surface area contributed by atoms with E-state index in [-0.39, 0.29) is 5.91 Å². The van der Waals surface area contributed by atoms with Gasteiger partial charge < -0.3 is 0 Å². The van der Waals surface area contributed by atoms with Gasteiger partial charge in [0.1, 0.15) is 0 Å². The molecule has 0 aromatic heterocycles. The van der Waals surface area contributed by atoms with Gasteiger partial charge in [0.25, 0.3) is 0 Å². The Balaban J connectivity index is 2.79. The standard InChI is InChI=1S/C8H11NO/c1-6-4-7(2)9(5-6)8(3)10/h5H,2,4H2,1,3H3. The van der Waals surface area contributed by atoms with Crippen molar-refractivity contribution < 1.29 is 4.79 Å². The molecule has 54 valence electrons. The van der Waals surface area contributed by atoms with Crippen LogP contribution in [0.4, 0.5) is 0 Å². The Labute approximate surface area is 60.8 Å². The molecule has 2 heteroatoms. The lowest BCUT2D eigenvalue weighted by Crippen LogP contribution is -2.17. The maximum Gasteiger partial charge on any atom is 0.227 e. The van der Waals surface area contributed by atoms with Gasteiger partial charge in [-0.25, -0.2) is 0 Å². The maximum absolute atomic E-state index is 10.8. The predicted molar refractivity (Wildman–Crippen MR) is 40.0 cm³/mol. The predicted octanol–water partition coefficient (Wildman–Crippen LogP) is 1.66. The zero-order chi connectivity index (χ0) is 7.72. The molecular formula is C8H11NO. The third-order valence-electron chi connectivity index (χ3n) is 1.51. The highest BCUT2D eigenvalue weighted by molar-refractivity contribution is 5.77. The number of nitrogens with zero attached hydrogens (tertiary/aromatic N) is 1. The van der Waals surface area contributed by atoms with E-state index in [2.05, 4.69) is 6.58 Å². The van der Waals surface area contributed by atoms with Crippen molar-refractivity contribution in [1.29, 1.82) is 0 Å². The van der Waals surface area contributed by atoms with E-state index in [0.717, 1.165) is 12.1 Å². The smallest absolute Gasteiger partial charge is 0.227 e. The lowest BCUT2D eigenvalue weighted by Gasteiger charge is -2.10. The summed E-state index contributed by atoms with van der Waals surface area (Å²) in [5.74, 6) is 0.0434. The molecule has 0 aliphatic carbocycles. The molecule has 0 saturated heterocycles. The van der Waals surface area contributed by atoms with Gasteiger partial charge in [-0.05, 0) is 6.92 Å². The van der Waals surface area contributed by atoms with Crippen LogP contribution in [0.2, 0.25) is 0 Å². The molecule has 2 nitrogen and oxygen atoms in total. The molecule has 0 bridgehead atoms. The Hall–Kier alpha value is -1.05. The minimum Gasteiger partial charge on any atom is -0.292 e. The second-order valence-electron chi connectivity index (χ2n) is 2.61. The first-order chi connectivity index (χ1) is 4.61. The first kappa shape index (κ1) is 7.06. The SMILES string of the molecule is C=C1CC(C)=CN1C(C)=O. The molecular weight excluding hydrogens is 126 g/mol. The van der Waals surface area contributed by atoms with Crippen molar-refractivity contribution in [1.82, 2.24) is 4.90 Å². The van der Waals surface area contributed by atoms with Gasteiger partial charge in [-0.1, -0.05) is 12.2 Å². The van der Waals surface area contributed by atoms with Crippen molar-refractivity contribution in [3.05, 3.63) is 24.0 Å². The minimum atomic E-state index is 0.0434. The van der Waals surface area contributed by atoms with Gasteiger partial charge in [0.2, 0.25) is 5.91 Å². The van der Waals surface area contributed by atoms with Crippen LogP contribution in [0.5, 0.6) is 0 Å². The van der Waals surface area contributed by atoms with Crippen LogP contribution in [0.1, 0.15) is 20.3 Å². The highest BCUT2D eigenvalue weighted by Crippen LogP contribution is 2.22. The molecule has 0 aromatic carbocycles. The molecule has 1 rings (SSSR count). The molecule has 10 heavy (non-hydrogen) atoms. The fourth-order valence-electron chi connectivity index (χ4n) is 1.08. The Bertz CT molecular complexity index is 215. The summed E-state index contributed by atoms with van der Waals surface area (Å²) in [6.07, 6.45) is 2.67. The lowest BCUT2D eigenvalue weighted by molar-refractivity contribution is -0.124. The van der Waals surface area contributed by atoms with Gasteiger partial charge in [0, 0.05) is 25.2 Å². The van der Waals surface area contributed by atoms with E-state index in [1.165, 1.54) is 5.57 Å². The molecule has 0 spiro atoms. The molecule has 0 radical (unpaired) electrons. The van der Waals surface area contributed by atoms with Crippen molar-refractivity contribution in [2.24, 2.45) is 0 Å². The normalized spacial score (nSPS) is 17.6. The number of rotatable bonds is 0. The fraction of sp³-hybridized carbons (Fsp3) is 0.375. The molecule has 1 heterocycles. The van der Waals surface area contributed by atoms with Crippen LogP contribution in [-0.4, -0.2) is 10.8 Å². The van der Waals surface area contributed by atoms with Crippen LogP contribution in [0.25, 0.3) is 0 Å². The third-order valence-corrected chi connectivity index (χ3v) is 1.51. The molecule has 0 saturated carbocycles. The van der Waals surface area contributed by atoms with E-state index < -0.39 is 0 Å². The number of hydrogen-bond acceptors (Lipinski definition) is 1. The fourth-order valence-corrected chi connectivity index (χ4v) is 1.08. The Morgan fingerprint density at radius 1 is 1.80 bits per heavy atom. The summed E-state index contributed by atoms with van der Waals surface area (Å²) in [6.45, 7) is 7.30. The largest absolute Gasteiger partial charge is 0.292 e. The number of hydrogen-bond donors (Lipinski definition) is 0. The van der Waals surface area contributed by atoms with E-state index in [0.29, 0.717) is 0 Å². The summed E-state index contributed by atoms with van der Waals surface area (Å²) in [7, 11) is 0. The molecule has 0 N–H and O–H groups in total. The van der Waals surface area contributed by atoms with Crippen LogP contribution in [0, 0.1) is 0 Å². The van der Waals surface area contributed by atoms with Gasteiger partial charge in [0.15, 0.2) is 0 Å². The zero-order valence-electron chi connectivity index (χ0n) is 6.35. The molecule has 1 amide bonds. The Kier molecular flexibility index (Phi) is 1.62. The maximum atomic E-state index is 10.8. The number of carbonyl (C=O) groups is 1. The first-order valence-corrected chi connectivity index (χ1v) is 3.26. The topological polar surface area (TPSA) is 20.3 Å². The van der Waals surface area contributed by atoms with Crippen molar-refractivity contribution in [2.45, 2.75) is 20.3 Å². The highest BCUT2D eigenvalue weighted by Gasteiger charge is 2.16. The van der Waals surface area contributed by atoms with Crippen LogP contribution < -0.4 is 0 Å². The summed E-state index contributed by atoms with van der Waals surface area (Å²) < 4.78 is 0. The van der Waals surface area contributed by atoms with Crippen molar-refractivity contribution in [2.75, 3.05) is 0 Å². The lowest BCUT2D eigenvalue weighted by atomic mass is 10.2. The van der Waals surface area contributed by atoms with Gasteiger partial charge >= 0.3 is 0 Å². The molecule has 0 atom stereocenters. The average molecular weight is 137 g/mol. The van der Waals surface area contributed by atoms with Crippen molar-refractivity contribution in [3.63, 3.8) is 0 Å². The van der Waals surface area contributed by atoms with Gasteiger partial charge in [-0.3, -0.25) is 9.69 Å². The highest BCUT2D eigenvalue weighted by atomic mass is 16.2. The summed E-state index contributed by atoms with van der Waals surface area (Å²) in [5.41, 5.74) is 2.07. The second-order valence-corrected chi connectivity index (χ2v) is 2.61. The van der Waals surface area contributed by atoms with Crippen LogP contribution in [-0.2, 0) is 4.79 Å². The van der Waals surface area contributed by atoms with Crippen molar-refractivity contribution in [3.8, 4) is 0 Å². The number of amides is 1. The van der Waals surface area contributed by atoms with E-state index in [4.69, 9.17) is 0 Å². The van der Waals surface area contributed by atoms with Gasteiger partial charge in [0.05, 0.1) is 0 Å². The Morgan fingerprint density at radius 3 is 2.60 bits per heavy atom. The second kappa shape index (κ2) is 2.29. The molecule has 1 aliphatic heterocycles. The molecule has 0 aromatic rings. The number of carbonyl (C=O) groups excluding carboxylic acids is 1. The molecule has 0 fully saturated rings. The van der Waals surface area contributed by atoms with Crippen LogP contribution in [0.3, 0.4) is 0 Å². The van der Waals surface area contributed by atoms with Gasteiger partial charge in [-0.2, -0.15) is 0 Å².